The van der Waals surface area contributed by atoms with Gasteiger partial charge in [-0.15, -0.1) is 0 Å². The normalized spacial score (nSPS) is 17.1. The first-order valence-electron chi connectivity index (χ1n) is 9.70. The quantitative estimate of drug-likeness (QED) is 0.287. The number of hydrogen-bond acceptors (Lipinski definition) is 7. The van der Waals surface area contributed by atoms with Crippen LogP contribution in [0.2, 0.25) is 0 Å². The van der Waals surface area contributed by atoms with Crippen LogP contribution in [-0.2, 0) is 15.1 Å². The van der Waals surface area contributed by atoms with Crippen molar-refractivity contribution in [2.45, 2.75) is 11.8 Å². The Balaban J connectivity index is 1.88. The number of nitro groups is 2. The number of anilines is 2. The molecule has 0 N–H and O–H groups in total. The van der Waals surface area contributed by atoms with E-state index in [1.54, 1.807) is 6.07 Å². The summed E-state index contributed by atoms with van der Waals surface area (Å²) in [6.45, 7) is 0. The smallest absolute Gasteiger partial charge is 0.430 e. The van der Waals surface area contributed by atoms with Crippen LogP contribution in [0.25, 0.3) is 0 Å². The molecule has 1 aliphatic heterocycles. The van der Waals surface area contributed by atoms with E-state index in [4.69, 9.17) is 4.74 Å². The van der Waals surface area contributed by atoms with E-state index in [2.05, 4.69) is 0 Å². The Morgan fingerprint density at radius 1 is 0.886 bits per heavy atom. The summed E-state index contributed by atoms with van der Waals surface area (Å²) in [6, 6.07) is 13.7. The lowest BCUT2D eigenvalue weighted by Gasteiger charge is -2.30. The molecule has 10 nitrogen and oxygen atoms in total. The maximum Gasteiger partial charge on any atom is 0.442 e. The second-order valence-corrected chi connectivity index (χ2v) is 7.31. The summed E-state index contributed by atoms with van der Waals surface area (Å²) in [5.74, 6) is -3.46. The van der Waals surface area contributed by atoms with E-state index in [1.165, 1.54) is 42.5 Å². The van der Waals surface area contributed by atoms with Crippen molar-refractivity contribution in [1.82, 2.24) is 0 Å². The molecule has 0 spiro atoms. The predicted molar refractivity (Wildman–Crippen MR) is 113 cm³/mol. The molecule has 35 heavy (non-hydrogen) atoms. The van der Waals surface area contributed by atoms with Crippen molar-refractivity contribution in [1.29, 1.82) is 0 Å². The zero-order valence-electron chi connectivity index (χ0n) is 17.3. The molecule has 0 saturated heterocycles. The predicted octanol–water partition coefficient (Wildman–Crippen LogP) is 4.80. The van der Waals surface area contributed by atoms with Crippen LogP contribution < -0.4 is 4.90 Å². The number of carbonyl (C=O) groups is 2. The van der Waals surface area contributed by atoms with Gasteiger partial charge in [0.05, 0.1) is 27.2 Å². The summed E-state index contributed by atoms with van der Waals surface area (Å²) in [7, 11) is 0. The summed E-state index contributed by atoms with van der Waals surface area (Å²) in [5.41, 5.74) is -7.37. The highest BCUT2D eigenvalue weighted by atomic mass is 19.4. The van der Waals surface area contributed by atoms with Gasteiger partial charge in [0.25, 0.3) is 17.3 Å². The summed E-state index contributed by atoms with van der Waals surface area (Å²) in [4.78, 5) is 47.1. The second-order valence-electron chi connectivity index (χ2n) is 7.31. The number of fused-ring (bicyclic) bond motifs is 1. The molecule has 3 aromatic carbocycles. The van der Waals surface area contributed by atoms with Gasteiger partial charge in [-0.1, -0.05) is 36.4 Å². The Morgan fingerprint density at radius 2 is 1.43 bits per heavy atom. The topological polar surface area (TPSA) is 133 Å². The standard InChI is InChI=1S/C22H12F3N3O7/c23-22(24,25)21(35-19(29)13-10-15(27(31)32)12-16(11-13)28(33)34)17-8-4-5-9-18(17)26(20(21)30)14-6-2-1-3-7-14/h1-12H/t21-/m1/s1. The minimum atomic E-state index is -5.47. The number of hydrogen-bond donors (Lipinski definition) is 0. The average molecular weight is 487 g/mol. The number of ether oxygens (including phenoxy) is 1. The third kappa shape index (κ3) is 3.72. The lowest BCUT2D eigenvalue weighted by Crippen LogP contribution is -2.53. The summed E-state index contributed by atoms with van der Waals surface area (Å²) >= 11 is 0. The van der Waals surface area contributed by atoms with Crippen LogP contribution in [-0.4, -0.2) is 27.9 Å². The number of rotatable bonds is 5. The van der Waals surface area contributed by atoms with E-state index in [1.807, 2.05) is 0 Å². The number of nitrogens with zero attached hydrogens (tertiary/aromatic N) is 3. The van der Waals surface area contributed by atoms with E-state index in [0.717, 1.165) is 11.0 Å². The molecule has 4 rings (SSSR count). The van der Waals surface area contributed by atoms with Crippen LogP contribution in [0.15, 0.2) is 72.8 Å². The highest BCUT2D eigenvalue weighted by Gasteiger charge is 2.71. The van der Waals surface area contributed by atoms with E-state index >= 15 is 0 Å². The molecule has 1 amide bonds. The van der Waals surface area contributed by atoms with Gasteiger partial charge in [0.15, 0.2) is 0 Å². The number of nitro benzene ring substituents is 2. The van der Waals surface area contributed by atoms with Crippen molar-refractivity contribution in [3.63, 3.8) is 0 Å². The van der Waals surface area contributed by atoms with Gasteiger partial charge in [-0.25, -0.2) is 4.79 Å². The highest BCUT2D eigenvalue weighted by molar-refractivity contribution is 6.13. The Bertz CT molecular complexity index is 1350. The molecule has 1 heterocycles. The van der Waals surface area contributed by atoms with Gasteiger partial charge in [-0.3, -0.25) is 29.9 Å². The fourth-order valence-corrected chi connectivity index (χ4v) is 3.73. The molecule has 1 aliphatic rings. The van der Waals surface area contributed by atoms with Gasteiger partial charge >= 0.3 is 17.7 Å². The van der Waals surface area contributed by atoms with E-state index in [9.17, 15) is 43.0 Å². The van der Waals surface area contributed by atoms with Crippen LogP contribution in [0, 0.1) is 20.2 Å². The van der Waals surface area contributed by atoms with Crippen LogP contribution in [0.4, 0.5) is 35.9 Å². The summed E-state index contributed by atoms with van der Waals surface area (Å²) < 4.78 is 48.6. The maximum atomic E-state index is 14.6. The molecular formula is C22H12F3N3O7. The molecule has 178 valence electrons. The largest absolute Gasteiger partial charge is 0.442 e. The molecule has 0 fully saturated rings. The highest BCUT2D eigenvalue weighted by Crippen LogP contribution is 2.54. The number of amides is 1. The number of non-ortho nitro benzene ring substituents is 2. The first-order valence-corrected chi connectivity index (χ1v) is 9.70. The van der Waals surface area contributed by atoms with E-state index in [-0.39, 0.29) is 11.4 Å². The Hall–Kier alpha value is -4.81. The third-order valence-corrected chi connectivity index (χ3v) is 5.25. The third-order valence-electron chi connectivity index (χ3n) is 5.25. The molecule has 0 saturated carbocycles. The van der Waals surface area contributed by atoms with Gasteiger partial charge in [-0.05, 0) is 18.2 Å². The average Bonchev–Trinajstić information content (AvgIpc) is 3.07. The number of carbonyl (C=O) groups excluding carboxylic acids is 2. The SMILES string of the molecule is O=C(O[C@@]1(C(F)(F)F)C(=O)N(c2ccccc2)c2ccccc21)c1cc([N+](=O)[O-])cc([N+](=O)[O-])c1. The number of esters is 1. The fraction of sp³-hybridized carbons (Fsp3) is 0.0909. The number of alkyl halides is 3. The monoisotopic (exact) mass is 487 g/mol. The number of halogens is 3. The van der Waals surface area contributed by atoms with Gasteiger partial charge in [0.1, 0.15) is 0 Å². The Kier molecular flexibility index (Phi) is 5.47. The van der Waals surface area contributed by atoms with Crippen molar-refractivity contribution in [3.05, 3.63) is 104 Å². The number of para-hydroxylation sites is 2. The Morgan fingerprint density at radius 3 is 1.97 bits per heavy atom. The van der Waals surface area contributed by atoms with Crippen LogP contribution in [0.5, 0.6) is 0 Å². The van der Waals surface area contributed by atoms with Gasteiger partial charge < -0.3 is 4.74 Å². The zero-order valence-corrected chi connectivity index (χ0v) is 17.3. The molecule has 13 heteroatoms. The van der Waals surface area contributed by atoms with Gasteiger partial charge in [0.2, 0.25) is 0 Å². The second kappa shape index (κ2) is 8.20. The molecule has 3 aromatic rings. The fourth-order valence-electron chi connectivity index (χ4n) is 3.73. The van der Waals surface area contributed by atoms with Gasteiger partial charge in [-0.2, -0.15) is 13.2 Å². The van der Waals surface area contributed by atoms with Crippen LogP contribution in [0.3, 0.4) is 0 Å². The summed E-state index contributed by atoms with van der Waals surface area (Å²) in [6.07, 6.45) is -5.47. The van der Waals surface area contributed by atoms with Crippen molar-refractivity contribution in [2.75, 3.05) is 4.90 Å². The number of benzene rings is 3. The van der Waals surface area contributed by atoms with Crippen molar-refractivity contribution >= 4 is 34.6 Å². The zero-order chi connectivity index (χ0) is 25.5. The molecule has 1 atom stereocenters. The van der Waals surface area contributed by atoms with Crippen LogP contribution in [0.1, 0.15) is 15.9 Å². The molecular weight excluding hydrogens is 475 g/mol. The maximum absolute atomic E-state index is 14.6. The molecule has 0 bridgehead atoms. The van der Waals surface area contributed by atoms with Crippen molar-refractivity contribution in [2.24, 2.45) is 0 Å². The summed E-state index contributed by atoms with van der Waals surface area (Å²) in [5, 5.41) is 22.2. The Labute approximate surface area is 193 Å². The lowest BCUT2D eigenvalue weighted by atomic mass is 9.94. The lowest BCUT2D eigenvalue weighted by molar-refractivity contribution is -0.394. The molecule has 0 aromatic heterocycles. The minimum Gasteiger partial charge on any atom is -0.430 e. The molecule has 0 radical (unpaired) electrons. The van der Waals surface area contributed by atoms with Gasteiger partial charge in [0, 0.05) is 23.4 Å². The van der Waals surface area contributed by atoms with Crippen LogP contribution >= 0.6 is 0 Å². The first kappa shape index (κ1) is 23.4. The van der Waals surface area contributed by atoms with Crippen molar-refractivity contribution < 1.29 is 37.3 Å². The van der Waals surface area contributed by atoms with E-state index < -0.39 is 56.0 Å². The van der Waals surface area contributed by atoms with E-state index in [0.29, 0.717) is 18.2 Å². The molecule has 0 aliphatic carbocycles. The first-order chi connectivity index (χ1) is 16.5. The molecule has 0 unspecified atom stereocenters. The minimum absolute atomic E-state index is 0.0677. The van der Waals surface area contributed by atoms with Crippen molar-refractivity contribution in [3.8, 4) is 0 Å².